The first-order valence-corrected chi connectivity index (χ1v) is 5.76. The molecule has 2 heterocycles. The maximum atomic E-state index is 10.6. The number of hydrogen-bond donors (Lipinski definition) is 0. The molecule has 0 aliphatic carbocycles. The zero-order chi connectivity index (χ0) is 13.5. The number of rotatable bonds is 3. The second-order valence-electron chi connectivity index (χ2n) is 3.30. The van der Waals surface area contributed by atoms with E-state index in [0.717, 1.165) is 11.4 Å². The van der Waals surface area contributed by atoms with Crippen LogP contribution >= 0.6 is 0 Å². The summed E-state index contributed by atoms with van der Waals surface area (Å²) in [6.07, 6.45) is 4.22. The third kappa shape index (κ3) is 2.94. The van der Waals surface area contributed by atoms with E-state index in [1.807, 2.05) is 27.0 Å². The summed E-state index contributed by atoms with van der Waals surface area (Å²) in [5, 5.41) is 0. The van der Waals surface area contributed by atoms with E-state index >= 15 is 0 Å². The van der Waals surface area contributed by atoms with Gasteiger partial charge in [-0.1, -0.05) is 13.8 Å². The van der Waals surface area contributed by atoms with Crippen molar-refractivity contribution in [3.8, 4) is 11.6 Å². The summed E-state index contributed by atoms with van der Waals surface area (Å²) >= 11 is 0. The number of aryl methyl sites for hydroxylation is 1. The zero-order valence-electron chi connectivity index (χ0n) is 11.0. The molecule has 0 N–H and O–H groups in total. The Morgan fingerprint density at radius 3 is 2.56 bits per heavy atom. The van der Waals surface area contributed by atoms with Crippen LogP contribution in [0.3, 0.4) is 0 Å². The lowest BCUT2D eigenvalue weighted by molar-refractivity contribution is 0.111. The Bertz CT molecular complexity index is 521. The molecule has 0 saturated carbocycles. The van der Waals surface area contributed by atoms with Crippen molar-refractivity contribution >= 4 is 6.29 Å². The number of carbonyl (C=O) groups is 1. The van der Waals surface area contributed by atoms with Crippen LogP contribution in [0.15, 0.2) is 24.7 Å². The first kappa shape index (κ1) is 13.9. The topological polar surface area (TPSA) is 57.0 Å². The molecule has 0 bridgehead atoms. The molecule has 2 rings (SSSR count). The Balaban J connectivity index is 0.000000771. The SMILES string of the molecule is CC.COc1nc(C=O)ccc1-n1cnc(C)c1. The highest BCUT2D eigenvalue weighted by molar-refractivity contribution is 5.72. The van der Waals surface area contributed by atoms with Gasteiger partial charge in [0.25, 0.3) is 0 Å². The molecule has 5 nitrogen and oxygen atoms in total. The number of aldehydes is 1. The molecule has 0 aliphatic heterocycles. The smallest absolute Gasteiger partial charge is 0.238 e. The van der Waals surface area contributed by atoms with Crippen LogP contribution in [0.4, 0.5) is 0 Å². The third-order valence-corrected chi connectivity index (χ3v) is 2.17. The molecule has 0 spiro atoms. The minimum Gasteiger partial charge on any atom is -0.479 e. The highest BCUT2D eigenvalue weighted by Crippen LogP contribution is 2.20. The van der Waals surface area contributed by atoms with Crippen LogP contribution in [0.1, 0.15) is 30.0 Å². The molecule has 0 saturated heterocycles. The van der Waals surface area contributed by atoms with Crippen molar-refractivity contribution in [1.82, 2.24) is 14.5 Å². The van der Waals surface area contributed by atoms with Gasteiger partial charge in [-0.2, -0.15) is 0 Å². The number of nitrogens with zero attached hydrogens (tertiary/aromatic N) is 3. The summed E-state index contributed by atoms with van der Waals surface area (Å²) in [6.45, 7) is 5.90. The Morgan fingerprint density at radius 1 is 1.33 bits per heavy atom. The molecule has 0 atom stereocenters. The standard InChI is InChI=1S/C11H11N3O2.C2H6/c1-8-5-14(7-12-8)10-4-3-9(6-15)13-11(10)16-2;1-2/h3-7H,1-2H3;1-2H3. The molecular weight excluding hydrogens is 230 g/mol. The molecule has 0 radical (unpaired) electrons. The molecule has 0 fully saturated rings. The summed E-state index contributed by atoms with van der Waals surface area (Å²) in [5.41, 5.74) is 2.01. The Kier molecular flexibility index (Phi) is 5.05. The lowest BCUT2D eigenvalue weighted by Gasteiger charge is -2.07. The lowest BCUT2D eigenvalue weighted by atomic mass is 10.3. The summed E-state index contributed by atoms with van der Waals surface area (Å²) in [6, 6.07) is 3.41. The largest absolute Gasteiger partial charge is 0.479 e. The van der Waals surface area contributed by atoms with Crippen molar-refractivity contribution in [2.24, 2.45) is 0 Å². The van der Waals surface area contributed by atoms with E-state index in [-0.39, 0.29) is 0 Å². The van der Waals surface area contributed by atoms with Crippen LogP contribution in [0, 0.1) is 6.92 Å². The number of methoxy groups -OCH3 is 1. The molecule has 96 valence electrons. The molecule has 0 aromatic carbocycles. The maximum Gasteiger partial charge on any atom is 0.238 e. The monoisotopic (exact) mass is 247 g/mol. The summed E-state index contributed by atoms with van der Waals surface area (Å²) < 4.78 is 6.93. The third-order valence-electron chi connectivity index (χ3n) is 2.17. The molecule has 0 unspecified atom stereocenters. The van der Waals surface area contributed by atoms with E-state index in [1.165, 1.54) is 7.11 Å². The van der Waals surface area contributed by atoms with Crippen molar-refractivity contribution in [3.63, 3.8) is 0 Å². The van der Waals surface area contributed by atoms with Gasteiger partial charge in [-0.3, -0.25) is 4.79 Å². The quantitative estimate of drug-likeness (QED) is 0.781. The predicted molar refractivity (Wildman–Crippen MR) is 69.4 cm³/mol. The minimum atomic E-state index is 0.345. The fourth-order valence-electron chi connectivity index (χ4n) is 1.41. The summed E-state index contributed by atoms with van der Waals surface area (Å²) in [5.74, 6) is 0.405. The fraction of sp³-hybridized carbons (Fsp3) is 0.308. The van der Waals surface area contributed by atoms with Crippen LogP contribution in [0.2, 0.25) is 0 Å². The second kappa shape index (κ2) is 6.54. The van der Waals surface area contributed by atoms with Crippen LogP contribution in [-0.4, -0.2) is 27.9 Å². The van der Waals surface area contributed by atoms with Crippen molar-refractivity contribution in [3.05, 3.63) is 36.0 Å². The highest BCUT2D eigenvalue weighted by Gasteiger charge is 2.08. The van der Waals surface area contributed by atoms with E-state index in [9.17, 15) is 4.79 Å². The van der Waals surface area contributed by atoms with Gasteiger partial charge in [0.05, 0.1) is 19.1 Å². The van der Waals surface area contributed by atoms with Gasteiger partial charge in [-0.15, -0.1) is 0 Å². The van der Waals surface area contributed by atoms with Gasteiger partial charge in [0, 0.05) is 6.20 Å². The van der Waals surface area contributed by atoms with Gasteiger partial charge in [0.2, 0.25) is 5.88 Å². The molecular formula is C13H17N3O2. The highest BCUT2D eigenvalue weighted by atomic mass is 16.5. The van der Waals surface area contributed by atoms with Gasteiger partial charge in [0.1, 0.15) is 11.4 Å². The van der Waals surface area contributed by atoms with Gasteiger partial charge in [0.15, 0.2) is 6.29 Å². The normalized spacial score (nSPS) is 9.33. The Morgan fingerprint density at radius 2 is 2.06 bits per heavy atom. The first-order chi connectivity index (χ1) is 8.74. The molecule has 2 aromatic heterocycles. The van der Waals surface area contributed by atoms with Crippen molar-refractivity contribution in [2.75, 3.05) is 7.11 Å². The molecule has 0 aliphatic rings. The average Bonchev–Trinajstić information content (AvgIpc) is 2.86. The predicted octanol–water partition coefficient (Wildman–Crippen LogP) is 2.42. The van der Waals surface area contributed by atoms with E-state index in [0.29, 0.717) is 17.9 Å². The van der Waals surface area contributed by atoms with E-state index in [2.05, 4.69) is 9.97 Å². The van der Waals surface area contributed by atoms with E-state index in [1.54, 1.807) is 23.0 Å². The van der Waals surface area contributed by atoms with Gasteiger partial charge in [-0.05, 0) is 19.1 Å². The van der Waals surface area contributed by atoms with Gasteiger partial charge < -0.3 is 9.30 Å². The number of imidazole rings is 1. The van der Waals surface area contributed by atoms with Crippen LogP contribution < -0.4 is 4.74 Å². The second-order valence-corrected chi connectivity index (χ2v) is 3.30. The number of pyridine rings is 1. The fourth-order valence-corrected chi connectivity index (χ4v) is 1.41. The molecule has 5 heteroatoms. The number of ether oxygens (including phenoxy) is 1. The van der Waals surface area contributed by atoms with Crippen molar-refractivity contribution < 1.29 is 9.53 Å². The van der Waals surface area contributed by atoms with Crippen LogP contribution in [-0.2, 0) is 0 Å². The van der Waals surface area contributed by atoms with Gasteiger partial charge >= 0.3 is 0 Å². The van der Waals surface area contributed by atoms with E-state index in [4.69, 9.17) is 4.74 Å². The summed E-state index contributed by atoms with van der Waals surface area (Å²) in [7, 11) is 1.52. The van der Waals surface area contributed by atoms with E-state index < -0.39 is 0 Å². The van der Waals surface area contributed by atoms with Crippen LogP contribution in [0.25, 0.3) is 5.69 Å². The Hall–Kier alpha value is -2.17. The molecule has 18 heavy (non-hydrogen) atoms. The van der Waals surface area contributed by atoms with Crippen molar-refractivity contribution in [1.29, 1.82) is 0 Å². The van der Waals surface area contributed by atoms with Gasteiger partial charge in [-0.25, -0.2) is 9.97 Å². The molecule has 2 aromatic rings. The van der Waals surface area contributed by atoms with Crippen LogP contribution in [0.5, 0.6) is 5.88 Å². The number of aromatic nitrogens is 3. The zero-order valence-corrected chi connectivity index (χ0v) is 11.0. The Labute approximate surface area is 106 Å². The van der Waals surface area contributed by atoms with Crippen molar-refractivity contribution in [2.45, 2.75) is 20.8 Å². The number of hydrogen-bond acceptors (Lipinski definition) is 4. The summed E-state index contributed by atoms with van der Waals surface area (Å²) in [4.78, 5) is 18.8. The lowest BCUT2D eigenvalue weighted by Crippen LogP contribution is -2.00. The maximum absolute atomic E-state index is 10.6. The minimum absolute atomic E-state index is 0.345. The first-order valence-electron chi connectivity index (χ1n) is 5.76. The molecule has 0 amide bonds. The average molecular weight is 247 g/mol. The number of carbonyl (C=O) groups excluding carboxylic acids is 1.